The lowest BCUT2D eigenvalue weighted by atomic mass is 9.83. The number of hydrogen-bond acceptors (Lipinski definition) is 9. The number of para-hydroxylation sites is 1. The maximum atomic E-state index is 12.9. The van der Waals surface area contributed by atoms with Crippen LogP contribution in [0.15, 0.2) is 87.4 Å². The van der Waals surface area contributed by atoms with Crippen LogP contribution in [0.5, 0.6) is 23.0 Å². The van der Waals surface area contributed by atoms with E-state index in [0.29, 0.717) is 47.0 Å². The third kappa shape index (κ3) is 5.07. The molecule has 0 amide bonds. The number of benzene rings is 3. The summed E-state index contributed by atoms with van der Waals surface area (Å²) >= 11 is 0. The van der Waals surface area contributed by atoms with Gasteiger partial charge in [0.15, 0.2) is 11.5 Å². The van der Waals surface area contributed by atoms with Crippen molar-refractivity contribution in [1.29, 1.82) is 5.26 Å². The van der Waals surface area contributed by atoms with Crippen molar-refractivity contribution in [2.24, 2.45) is 5.73 Å². The molecule has 202 valence electrons. The van der Waals surface area contributed by atoms with Crippen molar-refractivity contribution in [1.82, 2.24) is 0 Å². The summed E-state index contributed by atoms with van der Waals surface area (Å²) in [5, 5.41) is 10.5. The number of carbonyl (C=O) groups excluding carboxylic acids is 1. The van der Waals surface area contributed by atoms with Gasteiger partial charge in [0.05, 0.1) is 19.1 Å². The Morgan fingerprint density at radius 2 is 1.85 bits per heavy atom. The number of ether oxygens (including phenoxy) is 4. The number of allylic oxidation sites excluding steroid dienone is 1. The Morgan fingerprint density at radius 1 is 1.02 bits per heavy atom. The predicted octanol–water partition coefficient (Wildman–Crippen LogP) is 5.42. The maximum Gasteiger partial charge on any atom is 0.351 e. The number of esters is 1. The highest BCUT2D eigenvalue weighted by Crippen LogP contribution is 2.45. The van der Waals surface area contributed by atoms with Gasteiger partial charge in [0.2, 0.25) is 5.88 Å². The molecule has 0 saturated heterocycles. The summed E-state index contributed by atoms with van der Waals surface area (Å²) in [6, 6.07) is 20.7. The number of nitrogens with zero attached hydrogens (tertiary/aromatic N) is 1. The molecule has 40 heavy (non-hydrogen) atoms. The zero-order valence-corrected chi connectivity index (χ0v) is 21.9. The largest absolute Gasteiger partial charge is 0.490 e. The molecule has 0 spiro atoms. The molecule has 0 aliphatic carbocycles. The molecule has 1 atom stereocenters. The molecular formula is C31H26N2O7. The first-order valence-corrected chi connectivity index (χ1v) is 12.8. The third-order valence-electron chi connectivity index (χ3n) is 6.33. The fourth-order valence-corrected chi connectivity index (χ4v) is 4.51. The van der Waals surface area contributed by atoms with Crippen LogP contribution in [0.25, 0.3) is 11.0 Å². The van der Waals surface area contributed by atoms with Crippen molar-refractivity contribution in [3.8, 4) is 29.1 Å². The van der Waals surface area contributed by atoms with E-state index in [0.717, 1.165) is 12.0 Å². The molecule has 1 aliphatic rings. The first-order chi connectivity index (χ1) is 19.4. The lowest BCUT2D eigenvalue weighted by Crippen LogP contribution is -2.22. The van der Waals surface area contributed by atoms with E-state index in [1.54, 1.807) is 36.4 Å². The van der Waals surface area contributed by atoms with Gasteiger partial charge < -0.3 is 29.1 Å². The van der Waals surface area contributed by atoms with Crippen LogP contribution in [-0.2, 0) is 0 Å². The zero-order valence-electron chi connectivity index (χ0n) is 21.9. The highest BCUT2D eigenvalue weighted by Gasteiger charge is 2.32. The van der Waals surface area contributed by atoms with E-state index in [2.05, 4.69) is 6.07 Å². The number of hydrogen-bond donors (Lipinski definition) is 1. The van der Waals surface area contributed by atoms with Crippen molar-refractivity contribution < 1.29 is 28.2 Å². The van der Waals surface area contributed by atoms with Crippen LogP contribution in [0.3, 0.4) is 0 Å². The first kappa shape index (κ1) is 26.4. The Bertz CT molecular complexity index is 1730. The highest BCUT2D eigenvalue weighted by atomic mass is 16.5. The summed E-state index contributed by atoms with van der Waals surface area (Å²) in [7, 11) is 0. The van der Waals surface area contributed by atoms with Gasteiger partial charge in [-0.2, -0.15) is 5.26 Å². The molecule has 1 aliphatic heterocycles. The summed E-state index contributed by atoms with van der Waals surface area (Å²) in [4.78, 5) is 25.3. The molecule has 2 N–H and O–H groups in total. The number of carbonyl (C=O) groups is 1. The smallest absolute Gasteiger partial charge is 0.351 e. The minimum atomic E-state index is -0.878. The van der Waals surface area contributed by atoms with E-state index < -0.39 is 17.5 Å². The lowest BCUT2D eigenvalue weighted by molar-refractivity contribution is 0.0730. The van der Waals surface area contributed by atoms with E-state index in [4.69, 9.17) is 29.1 Å². The molecule has 1 aromatic heterocycles. The molecule has 0 saturated carbocycles. The Morgan fingerprint density at radius 3 is 2.62 bits per heavy atom. The standard InChI is InChI=1S/C31H26N2O7/c1-3-13-37-25-12-9-19(15-27(25)36-4-2)28-21-11-10-20(16-26(21)39-29(33)23(28)17-32)38-30(34)22-14-18-7-5-6-8-24(18)40-31(22)35/h5-12,14-16,28H,3-4,13,33H2,1-2H3. The summed E-state index contributed by atoms with van der Waals surface area (Å²) in [6.07, 6.45) is 0.844. The molecule has 5 rings (SSSR count). The molecule has 9 nitrogen and oxygen atoms in total. The van der Waals surface area contributed by atoms with Crippen molar-refractivity contribution >= 4 is 16.9 Å². The van der Waals surface area contributed by atoms with Crippen LogP contribution in [0.1, 0.15) is 47.7 Å². The van der Waals surface area contributed by atoms with E-state index in [1.807, 2.05) is 32.0 Å². The van der Waals surface area contributed by atoms with Crippen LogP contribution in [0.4, 0.5) is 0 Å². The fraction of sp³-hybridized carbons (Fsp3) is 0.194. The third-order valence-corrected chi connectivity index (χ3v) is 6.33. The van der Waals surface area contributed by atoms with Gasteiger partial charge in [-0.25, -0.2) is 9.59 Å². The van der Waals surface area contributed by atoms with Crippen molar-refractivity contribution in [2.75, 3.05) is 13.2 Å². The molecule has 3 aromatic carbocycles. The quantitative estimate of drug-likeness (QED) is 0.177. The van der Waals surface area contributed by atoms with Crippen LogP contribution in [-0.4, -0.2) is 19.2 Å². The normalized spacial score (nSPS) is 14.2. The molecule has 0 bridgehead atoms. The minimum absolute atomic E-state index is 0.0667. The van der Waals surface area contributed by atoms with Crippen LogP contribution < -0.4 is 30.3 Å². The predicted molar refractivity (Wildman–Crippen MR) is 147 cm³/mol. The highest BCUT2D eigenvalue weighted by molar-refractivity contribution is 5.94. The van der Waals surface area contributed by atoms with Gasteiger partial charge >= 0.3 is 11.6 Å². The van der Waals surface area contributed by atoms with Gasteiger partial charge in [-0.05, 0) is 49.2 Å². The van der Waals surface area contributed by atoms with E-state index in [9.17, 15) is 14.9 Å². The molecule has 0 fully saturated rings. The van der Waals surface area contributed by atoms with Crippen LogP contribution >= 0.6 is 0 Å². The van der Waals surface area contributed by atoms with E-state index in [1.165, 1.54) is 12.1 Å². The summed E-state index contributed by atoms with van der Waals surface area (Å²) in [5.74, 6) is 0.0846. The number of nitriles is 1. The summed E-state index contributed by atoms with van der Waals surface area (Å²) in [5.41, 5.74) is 7.09. The van der Waals surface area contributed by atoms with Crippen LogP contribution in [0.2, 0.25) is 0 Å². The van der Waals surface area contributed by atoms with Crippen molar-refractivity contribution in [3.63, 3.8) is 0 Å². The Balaban J connectivity index is 1.49. The first-order valence-electron chi connectivity index (χ1n) is 12.8. The van der Waals surface area contributed by atoms with Gasteiger partial charge in [-0.1, -0.05) is 37.3 Å². The Hall–Kier alpha value is -5.23. The lowest BCUT2D eigenvalue weighted by Gasteiger charge is -2.27. The second-order valence-corrected chi connectivity index (χ2v) is 8.99. The molecular weight excluding hydrogens is 512 g/mol. The fourth-order valence-electron chi connectivity index (χ4n) is 4.51. The number of rotatable bonds is 8. The monoisotopic (exact) mass is 538 g/mol. The second kappa shape index (κ2) is 11.3. The molecule has 9 heteroatoms. The molecule has 4 aromatic rings. The van der Waals surface area contributed by atoms with Gasteiger partial charge in [0.1, 0.15) is 34.3 Å². The van der Waals surface area contributed by atoms with Gasteiger partial charge in [0, 0.05) is 17.0 Å². The Kier molecular flexibility index (Phi) is 7.42. The molecule has 0 radical (unpaired) electrons. The average molecular weight is 539 g/mol. The average Bonchev–Trinajstić information content (AvgIpc) is 2.95. The van der Waals surface area contributed by atoms with E-state index >= 15 is 0 Å². The number of fused-ring (bicyclic) bond motifs is 2. The minimum Gasteiger partial charge on any atom is -0.490 e. The van der Waals surface area contributed by atoms with E-state index in [-0.39, 0.29) is 22.8 Å². The molecule has 1 unspecified atom stereocenters. The SMILES string of the molecule is CCCOc1ccc(C2C(C#N)=C(N)Oc3cc(OC(=O)c4cc5ccccc5oc4=O)ccc32)cc1OCC. The summed E-state index contributed by atoms with van der Waals surface area (Å²) < 4.78 is 28.1. The van der Waals surface area contributed by atoms with Crippen molar-refractivity contribution in [2.45, 2.75) is 26.2 Å². The molecule has 2 heterocycles. The van der Waals surface area contributed by atoms with Gasteiger partial charge in [0.25, 0.3) is 0 Å². The van der Waals surface area contributed by atoms with Crippen molar-refractivity contribution in [3.05, 3.63) is 105 Å². The van der Waals surface area contributed by atoms with Crippen LogP contribution in [0, 0.1) is 11.3 Å². The van der Waals surface area contributed by atoms with Gasteiger partial charge in [-0.3, -0.25) is 0 Å². The van der Waals surface area contributed by atoms with Gasteiger partial charge in [-0.15, -0.1) is 0 Å². The summed E-state index contributed by atoms with van der Waals surface area (Å²) in [6.45, 7) is 4.87. The maximum absolute atomic E-state index is 12.9. The zero-order chi connectivity index (χ0) is 28.2. The number of nitrogens with two attached hydrogens (primary N) is 1. The topological polar surface area (TPSA) is 134 Å². The Labute approximate surface area is 229 Å². The second-order valence-electron chi connectivity index (χ2n) is 8.99.